The lowest BCUT2D eigenvalue weighted by atomic mass is 10.1. The quantitative estimate of drug-likeness (QED) is 0.397. The highest BCUT2D eigenvalue weighted by atomic mass is 32.2. The van der Waals surface area contributed by atoms with E-state index >= 15 is 0 Å². The van der Waals surface area contributed by atoms with Crippen LogP contribution in [0.1, 0.15) is 6.92 Å². The van der Waals surface area contributed by atoms with E-state index in [0.29, 0.717) is 11.4 Å². The molecule has 0 saturated heterocycles. The summed E-state index contributed by atoms with van der Waals surface area (Å²) in [6.45, 7) is 0.506. The molecule has 6 nitrogen and oxygen atoms in total. The number of rotatable bonds is 8. The van der Waals surface area contributed by atoms with Gasteiger partial charge in [0, 0.05) is 16.3 Å². The summed E-state index contributed by atoms with van der Waals surface area (Å²) >= 11 is 1.38. The topological polar surface area (TPSA) is 113 Å². The molecule has 1 rings (SSSR count). The van der Waals surface area contributed by atoms with E-state index in [0.717, 1.165) is 4.90 Å². The van der Waals surface area contributed by atoms with Gasteiger partial charge in [-0.3, -0.25) is 0 Å². The predicted molar refractivity (Wildman–Crippen MR) is 81.1 cm³/mol. The third kappa shape index (κ3) is 5.68. The molecule has 0 amide bonds. The van der Waals surface area contributed by atoms with Crippen molar-refractivity contribution in [1.29, 1.82) is 0 Å². The number of hydrogen-bond acceptors (Lipinski definition) is 6. The number of hydrogen-bond donors (Lipinski definition) is 4. The van der Waals surface area contributed by atoms with Crippen molar-refractivity contribution in [2.45, 2.75) is 17.4 Å². The Kier molecular flexibility index (Phi) is 6.28. The summed E-state index contributed by atoms with van der Waals surface area (Å²) < 4.78 is 26.0. The maximum atomic E-state index is 11.8. The van der Waals surface area contributed by atoms with E-state index in [-0.39, 0.29) is 5.75 Å². The van der Waals surface area contributed by atoms with Crippen LogP contribution in [0.15, 0.2) is 29.2 Å². The van der Waals surface area contributed by atoms with Crippen LogP contribution in [0.5, 0.6) is 0 Å². The van der Waals surface area contributed by atoms with Crippen LogP contribution in [0.4, 0.5) is 5.69 Å². The lowest BCUT2D eigenvalue weighted by Crippen LogP contribution is -2.52. The number of nitrogens with one attached hydrogen (secondary N) is 1. The Bertz CT molecular complexity index is 530. The van der Waals surface area contributed by atoms with Gasteiger partial charge < -0.3 is 15.9 Å². The average molecular weight is 320 g/mol. The van der Waals surface area contributed by atoms with Crippen LogP contribution in [-0.2, 0) is 10.0 Å². The molecule has 1 aromatic rings. The summed E-state index contributed by atoms with van der Waals surface area (Å²) in [4.78, 5) is 0.896. The summed E-state index contributed by atoms with van der Waals surface area (Å²) in [6.07, 6.45) is 0. The number of nitrogens with two attached hydrogens (primary N) is 1. The van der Waals surface area contributed by atoms with Crippen LogP contribution in [0.25, 0.3) is 0 Å². The second kappa shape index (κ2) is 7.28. The van der Waals surface area contributed by atoms with Gasteiger partial charge in [0.2, 0.25) is 10.0 Å². The van der Waals surface area contributed by atoms with Gasteiger partial charge in [-0.2, -0.15) is 0 Å². The van der Waals surface area contributed by atoms with E-state index in [1.54, 1.807) is 18.2 Å². The molecule has 0 unspecified atom stereocenters. The zero-order chi connectivity index (χ0) is 15.2. The Balaban J connectivity index is 2.52. The maximum absolute atomic E-state index is 11.8. The number of nitrogen functional groups attached to an aromatic ring is 1. The van der Waals surface area contributed by atoms with E-state index in [9.17, 15) is 8.42 Å². The van der Waals surface area contributed by atoms with Gasteiger partial charge in [0.15, 0.2) is 0 Å². The number of thioether (sulfide) groups is 1. The van der Waals surface area contributed by atoms with Gasteiger partial charge >= 0.3 is 0 Å². The van der Waals surface area contributed by atoms with Gasteiger partial charge in [0.05, 0.1) is 24.5 Å². The van der Waals surface area contributed by atoms with Crippen LogP contribution in [0.2, 0.25) is 0 Å². The SMILES string of the molecule is CC(CO)(CO)NS(=O)(=O)CCSc1cccc(N)c1. The van der Waals surface area contributed by atoms with Crippen LogP contribution >= 0.6 is 11.8 Å². The molecule has 1 aromatic carbocycles. The number of benzene rings is 1. The van der Waals surface area contributed by atoms with E-state index in [1.165, 1.54) is 18.7 Å². The molecule has 5 N–H and O–H groups in total. The smallest absolute Gasteiger partial charge is 0.213 e. The van der Waals surface area contributed by atoms with Crippen LogP contribution in [0, 0.1) is 0 Å². The molecule has 20 heavy (non-hydrogen) atoms. The third-order valence-corrected chi connectivity index (χ3v) is 5.38. The molecule has 8 heteroatoms. The second-order valence-corrected chi connectivity index (χ2v) is 7.73. The minimum absolute atomic E-state index is 0.109. The Labute approximate surface area is 123 Å². The monoisotopic (exact) mass is 320 g/mol. The molecule has 0 aliphatic heterocycles. The number of aliphatic hydroxyl groups is 2. The van der Waals surface area contributed by atoms with Gasteiger partial charge in [-0.25, -0.2) is 13.1 Å². The fourth-order valence-corrected chi connectivity index (χ4v) is 4.24. The van der Waals surface area contributed by atoms with Crippen molar-refractivity contribution in [2.24, 2.45) is 0 Å². The highest BCUT2D eigenvalue weighted by Gasteiger charge is 2.28. The van der Waals surface area contributed by atoms with Gasteiger partial charge in [-0.15, -0.1) is 11.8 Å². The maximum Gasteiger partial charge on any atom is 0.213 e. The first-order valence-corrected chi connectivity index (χ1v) is 8.66. The lowest BCUT2D eigenvalue weighted by Gasteiger charge is -2.25. The van der Waals surface area contributed by atoms with Crippen molar-refractivity contribution in [1.82, 2.24) is 4.72 Å². The number of aliphatic hydroxyl groups excluding tert-OH is 2. The molecular formula is C12H20N2O4S2. The molecule has 0 saturated carbocycles. The molecule has 0 aliphatic rings. The summed E-state index contributed by atoms with van der Waals surface area (Å²) in [5.74, 6) is 0.244. The highest BCUT2D eigenvalue weighted by molar-refractivity contribution is 8.00. The van der Waals surface area contributed by atoms with Gasteiger partial charge in [0.1, 0.15) is 0 Å². The fraction of sp³-hybridized carbons (Fsp3) is 0.500. The van der Waals surface area contributed by atoms with E-state index in [4.69, 9.17) is 15.9 Å². The first-order chi connectivity index (χ1) is 9.30. The molecular weight excluding hydrogens is 300 g/mol. The molecule has 0 radical (unpaired) electrons. The van der Waals surface area contributed by atoms with Crippen molar-refractivity contribution in [3.05, 3.63) is 24.3 Å². The van der Waals surface area contributed by atoms with Gasteiger partial charge in [-0.1, -0.05) is 6.07 Å². The van der Waals surface area contributed by atoms with Crippen LogP contribution in [0.3, 0.4) is 0 Å². The van der Waals surface area contributed by atoms with Crippen molar-refractivity contribution < 1.29 is 18.6 Å². The summed E-state index contributed by atoms with van der Waals surface area (Å²) in [6, 6.07) is 7.19. The Morgan fingerprint density at radius 1 is 1.35 bits per heavy atom. The molecule has 0 bridgehead atoms. The van der Waals surface area contributed by atoms with Crippen LogP contribution < -0.4 is 10.5 Å². The molecule has 0 aromatic heterocycles. The van der Waals surface area contributed by atoms with Gasteiger partial charge in [-0.05, 0) is 25.1 Å². The molecule has 0 aliphatic carbocycles. The minimum atomic E-state index is -3.57. The zero-order valence-electron chi connectivity index (χ0n) is 11.2. The molecule has 114 valence electrons. The Hall–Kier alpha value is -0.800. The van der Waals surface area contributed by atoms with Crippen LogP contribution in [-0.4, -0.2) is 48.9 Å². The van der Waals surface area contributed by atoms with Gasteiger partial charge in [0.25, 0.3) is 0 Å². The molecule has 0 fully saturated rings. The van der Waals surface area contributed by atoms with Crippen molar-refractivity contribution in [3.8, 4) is 0 Å². The lowest BCUT2D eigenvalue weighted by molar-refractivity contribution is 0.122. The molecule has 0 atom stereocenters. The Morgan fingerprint density at radius 3 is 2.55 bits per heavy atom. The van der Waals surface area contributed by atoms with Crippen molar-refractivity contribution >= 4 is 27.5 Å². The highest BCUT2D eigenvalue weighted by Crippen LogP contribution is 2.20. The largest absolute Gasteiger partial charge is 0.399 e. The first-order valence-electron chi connectivity index (χ1n) is 6.02. The molecule has 0 spiro atoms. The van der Waals surface area contributed by atoms with E-state index < -0.39 is 28.8 Å². The molecule has 0 heterocycles. The summed E-state index contributed by atoms with van der Waals surface area (Å²) in [5, 5.41) is 18.2. The fourth-order valence-electron chi connectivity index (χ4n) is 1.41. The zero-order valence-corrected chi connectivity index (χ0v) is 12.9. The summed E-state index contributed by atoms with van der Waals surface area (Å²) in [7, 11) is -3.57. The predicted octanol–water partition coefficient (Wildman–Crippen LogP) is 0.0236. The number of anilines is 1. The van der Waals surface area contributed by atoms with Crippen molar-refractivity contribution in [2.75, 3.05) is 30.5 Å². The third-order valence-electron chi connectivity index (χ3n) is 2.58. The van der Waals surface area contributed by atoms with E-state index in [2.05, 4.69) is 4.72 Å². The Morgan fingerprint density at radius 2 is 2.00 bits per heavy atom. The van der Waals surface area contributed by atoms with E-state index in [1.807, 2.05) is 6.07 Å². The summed E-state index contributed by atoms with van der Waals surface area (Å²) in [5.41, 5.74) is 5.03. The second-order valence-electron chi connectivity index (χ2n) is 4.72. The number of sulfonamides is 1. The first kappa shape index (κ1) is 17.3. The van der Waals surface area contributed by atoms with Crippen molar-refractivity contribution in [3.63, 3.8) is 0 Å². The normalized spacial score (nSPS) is 12.6. The average Bonchev–Trinajstić information content (AvgIpc) is 2.38. The minimum Gasteiger partial charge on any atom is -0.399 e. The standard InChI is InChI=1S/C12H20N2O4S2/c1-12(8-15,9-16)14-20(17,18)6-5-19-11-4-2-3-10(13)7-11/h2-4,7,14-16H,5-6,8-9,13H2,1H3.